The Morgan fingerprint density at radius 2 is 1.47 bits per heavy atom. The van der Waals surface area contributed by atoms with Crippen molar-refractivity contribution in [2.24, 2.45) is 0 Å². The van der Waals surface area contributed by atoms with Crippen LogP contribution in [0.5, 0.6) is 11.5 Å². The summed E-state index contributed by atoms with van der Waals surface area (Å²) in [5.41, 5.74) is 6.07. The van der Waals surface area contributed by atoms with E-state index in [-0.39, 0.29) is 5.78 Å². The molecule has 0 aliphatic rings. The molecule has 1 aromatic heterocycles. The number of methoxy groups -OCH3 is 1. The highest BCUT2D eigenvalue weighted by molar-refractivity contribution is 5.98. The minimum Gasteiger partial charge on any atom is -0.497 e. The average Bonchev–Trinajstić information content (AvgIpc) is 2.84. The monoisotopic (exact) mass is 423 g/mol. The molecule has 160 valence electrons. The first kappa shape index (κ1) is 21.3. The van der Waals surface area contributed by atoms with Crippen LogP contribution in [-0.4, -0.2) is 17.9 Å². The number of carbonyl (C=O) groups is 1. The molecule has 0 amide bonds. The third-order valence-electron chi connectivity index (χ3n) is 5.41. The van der Waals surface area contributed by atoms with Crippen LogP contribution in [0, 0.1) is 6.92 Å². The summed E-state index contributed by atoms with van der Waals surface area (Å²) >= 11 is 0. The molecule has 0 N–H and O–H groups in total. The third kappa shape index (κ3) is 4.70. The van der Waals surface area contributed by atoms with Gasteiger partial charge >= 0.3 is 0 Å². The fourth-order valence-electron chi connectivity index (χ4n) is 3.62. The highest BCUT2D eigenvalue weighted by atomic mass is 16.5. The molecule has 0 spiro atoms. The van der Waals surface area contributed by atoms with Crippen LogP contribution in [0.4, 0.5) is 0 Å². The average molecular weight is 424 g/mol. The number of pyridine rings is 1. The van der Waals surface area contributed by atoms with Crippen molar-refractivity contribution in [2.45, 2.75) is 20.5 Å². The standard InChI is InChI=1S/C28H25NO3/c1-19-26(20(2)30)17-27(22-9-13-24(31-3)14-10-22)29-28(19)23-11-15-25(16-12-23)32-18-21-7-5-4-6-8-21/h4-17H,18H2,1-3H3. The van der Waals surface area contributed by atoms with Gasteiger partial charge in [0.25, 0.3) is 0 Å². The number of aromatic nitrogens is 1. The highest BCUT2D eigenvalue weighted by Gasteiger charge is 2.15. The van der Waals surface area contributed by atoms with Crippen LogP contribution in [-0.2, 0) is 6.61 Å². The van der Waals surface area contributed by atoms with Gasteiger partial charge in [0.05, 0.1) is 18.5 Å². The Morgan fingerprint density at radius 1 is 0.844 bits per heavy atom. The van der Waals surface area contributed by atoms with E-state index in [1.54, 1.807) is 14.0 Å². The van der Waals surface area contributed by atoms with E-state index in [1.165, 1.54) is 0 Å². The fourth-order valence-corrected chi connectivity index (χ4v) is 3.62. The molecule has 4 nitrogen and oxygen atoms in total. The van der Waals surface area contributed by atoms with Crippen molar-refractivity contribution in [1.29, 1.82) is 0 Å². The van der Waals surface area contributed by atoms with Crippen molar-refractivity contribution in [3.05, 3.63) is 102 Å². The number of carbonyl (C=O) groups excluding carboxylic acids is 1. The summed E-state index contributed by atoms with van der Waals surface area (Å²) in [6, 6.07) is 27.4. The van der Waals surface area contributed by atoms with Crippen molar-refractivity contribution in [1.82, 2.24) is 4.98 Å². The maximum Gasteiger partial charge on any atom is 0.160 e. The molecule has 32 heavy (non-hydrogen) atoms. The fraction of sp³-hybridized carbons (Fsp3) is 0.143. The maximum atomic E-state index is 12.3. The molecule has 0 aliphatic heterocycles. The van der Waals surface area contributed by atoms with E-state index in [0.717, 1.165) is 45.1 Å². The summed E-state index contributed by atoms with van der Waals surface area (Å²) in [6.45, 7) is 4.04. The summed E-state index contributed by atoms with van der Waals surface area (Å²) < 4.78 is 11.2. The predicted molar refractivity (Wildman–Crippen MR) is 127 cm³/mol. The summed E-state index contributed by atoms with van der Waals surface area (Å²) in [7, 11) is 1.64. The van der Waals surface area contributed by atoms with Crippen LogP contribution in [0.3, 0.4) is 0 Å². The topological polar surface area (TPSA) is 48.4 Å². The van der Waals surface area contributed by atoms with Gasteiger partial charge in [-0.2, -0.15) is 0 Å². The maximum absolute atomic E-state index is 12.3. The van der Waals surface area contributed by atoms with Gasteiger partial charge in [-0.25, -0.2) is 4.98 Å². The number of Topliss-reactive ketones (excluding diaryl/α,β-unsaturated/α-hetero) is 1. The van der Waals surface area contributed by atoms with Crippen LogP contribution >= 0.6 is 0 Å². The SMILES string of the molecule is COc1ccc(-c2cc(C(C)=O)c(C)c(-c3ccc(OCc4ccccc4)cc3)n2)cc1. The van der Waals surface area contributed by atoms with Crippen molar-refractivity contribution in [3.63, 3.8) is 0 Å². The van der Waals surface area contributed by atoms with Gasteiger partial charge in [-0.05, 0) is 79.6 Å². The Bertz CT molecular complexity index is 1210. The summed E-state index contributed by atoms with van der Waals surface area (Å²) in [5, 5.41) is 0. The van der Waals surface area contributed by atoms with Gasteiger partial charge in [-0.15, -0.1) is 0 Å². The van der Waals surface area contributed by atoms with Gasteiger partial charge < -0.3 is 9.47 Å². The van der Waals surface area contributed by atoms with Crippen LogP contribution in [0.1, 0.15) is 28.4 Å². The molecule has 3 aromatic carbocycles. The van der Waals surface area contributed by atoms with Gasteiger partial charge in [-0.3, -0.25) is 4.79 Å². The molecule has 0 atom stereocenters. The van der Waals surface area contributed by atoms with Gasteiger partial charge in [0, 0.05) is 16.7 Å². The number of nitrogens with zero attached hydrogens (tertiary/aromatic N) is 1. The molecule has 4 rings (SSSR count). The van der Waals surface area contributed by atoms with Crippen molar-refractivity contribution < 1.29 is 14.3 Å². The molecule has 4 aromatic rings. The zero-order chi connectivity index (χ0) is 22.5. The summed E-state index contributed by atoms with van der Waals surface area (Å²) in [5.74, 6) is 1.58. The quantitative estimate of drug-likeness (QED) is 0.318. The minimum atomic E-state index is 0.0173. The van der Waals surface area contributed by atoms with E-state index in [9.17, 15) is 4.79 Å². The molecule has 0 bridgehead atoms. The summed E-state index contributed by atoms with van der Waals surface area (Å²) in [4.78, 5) is 17.2. The third-order valence-corrected chi connectivity index (χ3v) is 5.41. The highest BCUT2D eigenvalue weighted by Crippen LogP contribution is 2.31. The second-order valence-electron chi connectivity index (χ2n) is 7.61. The zero-order valence-corrected chi connectivity index (χ0v) is 18.5. The van der Waals surface area contributed by atoms with Crippen molar-refractivity contribution in [2.75, 3.05) is 7.11 Å². The molecule has 0 radical (unpaired) electrons. The number of rotatable bonds is 7. The molecule has 0 unspecified atom stereocenters. The van der Waals surface area contributed by atoms with Gasteiger partial charge in [0.15, 0.2) is 5.78 Å². The minimum absolute atomic E-state index is 0.0173. The van der Waals surface area contributed by atoms with E-state index >= 15 is 0 Å². The second kappa shape index (κ2) is 9.48. The molecule has 4 heteroatoms. The molecule has 1 heterocycles. The lowest BCUT2D eigenvalue weighted by Crippen LogP contribution is -2.02. The van der Waals surface area contributed by atoms with E-state index in [0.29, 0.717) is 12.2 Å². The van der Waals surface area contributed by atoms with Crippen LogP contribution in [0.2, 0.25) is 0 Å². The molecule has 0 saturated carbocycles. The lowest BCUT2D eigenvalue weighted by molar-refractivity contribution is 0.101. The van der Waals surface area contributed by atoms with Gasteiger partial charge in [-0.1, -0.05) is 30.3 Å². The Kier molecular flexibility index (Phi) is 6.31. The lowest BCUT2D eigenvalue weighted by atomic mass is 9.97. The van der Waals surface area contributed by atoms with Crippen LogP contribution < -0.4 is 9.47 Å². The van der Waals surface area contributed by atoms with E-state index in [2.05, 4.69) is 0 Å². The van der Waals surface area contributed by atoms with Crippen LogP contribution in [0.25, 0.3) is 22.5 Å². The second-order valence-corrected chi connectivity index (χ2v) is 7.61. The molecule has 0 fully saturated rings. The predicted octanol–water partition coefficient (Wildman–Crippen LogP) is 6.51. The largest absolute Gasteiger partial charge is 0.497 e. The van der Waals surface area contributed by atoms with Crippen molar-refractivity contribution in [3.8, 4) is 34.0 Å². The number of ketones is 1. The number of hydrogen-bond donors (Lipinski definition) is 0. The Morgan fingerprint density at radius 3 is 2.09 bits per heavy atom. The molecular formula is C28H25NO3. The number of hydrogen-bond acceptors (Lipinski definition) is 4. The first-order valence-electron chi connectivity index (χ1n) is 10.5. The summed E-state index contributed by atoms with van der Waals surface area (Å²) in [6.07, 6.45) is 0. The normalized spacial score (nSPS) is 10.6. The number of ether oxygens (including phenoxy) is 2. The first-order valence-corrected chi connectivity index (χ1v) is 10.5. The molecule has 0 aliphatic carbocycles. The Labute approximate surface area is 188 Å². The van der Waals surface area contributed by atoms with E-state index < -0.39 is 0 Å². The Balaban J connectivity index is 1.65. The number of benzene rings is 3. The van der Waals surface area contributed by atoms with Crippen molar-refractivity contribution >= 4 is 5.78 Å². The van der Waals surface area contributed by atoms with E-state index in [4.69, 9.17) is 14.5 Å². The van der Waals surface area contributed by atoms with Gasteiger partial charge in [0.1, 0.15) is 18.1 Å². The van der Waals surface area contributed by atoms with Gasteiger partial charge in [0.2, 0.25) is 0 Å². The first-order chi connectivity index (χ1) is 15.5. The smallest absolute Gasteiger partial charge is 0.160 e. The zero-order valence-electron chi connectivity index (χ0n) is 18.5. The Hall–Kier alpha value is -3.92. The van der Waals surface area contributed by atoms with E-state index in [1.807, 2.05) is 91.9 Å². The lowest BCUT2D eigenvalue weighted by Gasteiger charge is -2.14. The molecular weight excluding hydrogens is 398 g/mol. The molecule has 0 saturated heterocycles. The van der Waals surface area contributed by atoms with Crippen LogP contribution in [0.15, 0.2) is 84.9 Å².